The first-order chi connectivity index (χ1) is 9.29. The van der Waals surface area contributed by atoms with Gasteiger partial charge in [-0.15, -0.1) is 0 Å². The molecule has 1 aromatic carbocycles. The normalized spacial score (nSPS) is 31.6. The number of nitrogens with one attached hydrogen (secondary N) is 1. The molecule has 0 saturated heterocycles. The van der Waals surface area contributed by atoms with Crippen LogP contribution in [0.25, 0.3) is 0 Å². The highest BCUT2D eigenvalue weighted by Crippen LogP contribution is 2.41. The Morgan fingerprint density at radius 3 is 2.68 bits per heavy atom. The van der Waals surface area contributed by atoms with Crippen molar-refractivity contribution in [2.24, 2.45) is 17.7 Å². The van der Waals surface area contributed by atoms with Crippen LogP contribution in [0, 0.1) is 11.8 Å². The zero-order valence-corrected chi connectivity index (χ0v) is 11.6. The number of hydrogen-bond acceptors (Lipinski definition) is 3. The molecule has 104 valence electrons. The van der Waals surface area contributed by atoms with Crippen LogP contribution in [0.3, 0.4) is 0 Å². The Morgan fingerprint density at radius 1 is 1.21 bits per heavy atom. The highest BCUT2D eigenvalue weighted by Gasteiger charge is 2.36. The molecule has 19 heavy (non-hydrogen) atoms. The van der Waals surface area contributed by atoms with Crippen LogP contribution in [0.15, 0.2) is 24.3 Å². The number of para-hydroxylation sites is 1. The summed E-state index contributed by atoms with van der Waals surface area (Å²) in [4.78, 5) is 0. The predicted octanol–water partition coefficient (Wildman–Crippen LogP) is 2.82. The Balaban J connectivity index is 1.76. The maximum Gasteiger partial charge on any atom is 0.122 e. The molecule has 1 heterocycles. The van der Waals surface area contributed by atoms with Crippen molar-refractivity contribution in [1.29, 1.82) is 0 Å². The van der Waals surface area contributed by atoms with Crippen molar-refractivity contribution in [3.05, 3.63) is 29.8 Å². The fraction of sp³-hybridized carbons (Fsp3) is 0.625. The van der Waals surface area contributed by atoms with Crippen molar-refractivity contribution < 1.29 is 4.74 Å². The lowest BCUT2D eigenvalue weighted by Crippen LogP contribution is -2.46. The minimum Gasteiger partial charge on any atom is -0.493 e. The second-order valence-electron chi connectivity index (χ2n) is 6.17. The van der Waals surface area contributed by atoms with E-state index in [4.69, 9.17) is 10.6 Å². The number of hydrazine groups is 1. The number of hydrogen-bond donors (Lipinski definition) is 2. The van der Waals surface area contributed by atoms with Gasteiger partial charge in [0.15, 0.2) is 0 Å². The first-order valence-corrected chi connectivity index (χ1v) is 7.47. The van der Waals surface area contributed by atoms with Gasteiger partial charge >= 0.3 is 0 Å². The Kier molecular flexibility index (Phi) is 3.76. The van der Waals surface area contributed by atoms with Crippen LogP contribution >= 0.6 is 0 Å². The van der Waals surface area contributed by atoms with Gasteiger partial charge < -0.3 is 4.74 Å². The van der Waals surface area contributed by atoms with Crippen molar-refractivity contribution >= 4 is 0 Å². The largest absolute Gasteiger partial charge is 0.493 e. The van der Waals surface area contributed by atoms with Crippen LogP contribution in [0.4, 0.5) is 0 Å². The summed E-state index contributed by atoms with van der Waals surface area (Å²) in [6.07, 6.45) is 5.24. The number of ether oxygens (including phenoxy) is 1. The summed E-state index contributed by atoms with van der Waals surface area (Å²) >= 11 is 0. The maximum absolute atomic E-state index is 5.87. The predicted molar refractivity (Wildman–Crippen MR) is 76.9 cm³/mol. The van der Waals surface area contributed by atoms with E-state index in [9.17, 15) is 0 Å². The quantitative estimate of drug-likeness (QED) is 0.649. The lowest BCUT2D eigenvalue weighted by molar-refractivity contribution is 0.192. The Morgan fingerprint density at radius 2 is 1.95 bits per heavy atom. The molecule has 3 rings (SSSR count). The Hall–Kier alpha value is -1.06. The molecule has 2 aliphatic rings. The molecule has 1 fully saturated rings. The molecular weight excluding hydrogens is 236 g/mol. The standard InChI is InChI=1S/C16H24N2O/c1-11-6-8-12(9-7-11)16(18-17)14-10-19-15-5-3-2-4-13(14)15/h2-5,11-12,14,16,18H,6-10,17H2,1H3. The van der Waals surface area contributed by atoms with E-state index >= 15 is 0 Å². The van der Waals surface area contributed by atoms with Crippen LogP contribution in [-0.4, -0.2) is 12.6 Å². The van der Waals surface area contributed by atoms with Gasteiger partial charge in [0.05, 0.1) is 6.61 Å². The summed E-state index contributed by atoms with van der Waals surface area (Å²) in [5, 5.41) is 0. The van der Waals surface area contributed by atoms with Gasteiger partial charge in [0, 0.05) is 17.5 Å². The van der Waals surface area contributed by atoms with Gasteiger partial charge in [-0.2, -0.15) is 0 Å². The van der Waals surface area contributed by atoms with Crippen LogP contribution < -0.4 is 16.0 Å². The van der Waals surface area contributed by atoms with Crippen LogP contribution in [0.2, 0.25) is 0 Å². The molecule has 1 aliphatic carbocycles. The molecule has 3 N–H and O–H groups in total. The Labute approximate surface area is 115 Å². The average Bonchev–Trinajstić information content (AvgIpc) is 2.86. The molecule has 1 saturated carbocycles. The van der Waals surface area contributed by atoms with Crippen LogP contribution in [-0.2, 0) is 0 Å². The molecule has 1 aliphatic heterocycles. The van der Waals surface area contributed by atoms with Gasteiger partial charge in [-0.25, -0.2) is 0 Å². The molecule has 2 unspecified atom stereocenters. The van der Waals surface area contributed by atoms with E-state index in [0.29, 0.717) is 17.9 Å². The third-order valence-electron chi connectivity index (χ3n) is 4.93. The fourth-order valence-electron chi connectivity index (χ4n) is 3.71. The molecule has 2 atom stereocenters. The van der Waals surface area contributed by atoms with E-state index < -0.39 is 0 Å². The van der Waals surface area contributed by atoms with Gasteiger partial charge in [0.25, 0.3) is 0 Å². The number of benzene rings is 1. The van der Waals surface area contributed by atoms with E-state index in [1.165, 1.54) is 31.2 Å². The summed E-state index contributed by atoms with van der Waals surface area (Å²) in [5.74, 6) is 8.87. The summed E-state index contributed by atoms with van der Waals surface area (Å²) in [5.41, 5.74) is 4.41. The highest BCUT2D eigenvalue weighted by molar-refractivity contribution is 5.40. The van der Waals surface area contributed by atoms with Crippen LogP contribution in [0.5, 0.6) is 5.75 Å². The van der Waals surface area contributed by atoms with Crippen molar-refractivity contribution in [3.8, 4) is 5.75 Å². The summed E-state index contributed by atoms with van der Waals surface area (Å²) < 4.78 is 5.81. The number of nitrogens with two attached hydrogens (primary N) is 1. The van der Waals surface area contributed by atoms with Crippen molar-refractivity contribution in [2.75, 3.05) is 6.61 Å². The maximum atomic E-state index is 5.87. The second kappa shape index (κ2) is 5.51. The zero-order valence-electron chi connectivity index (χ0n) is 11.6. The second-order valence-corrected chi connectivity index (χ2v) is 6.17. The lowest BCUT2D eigenvalue weighted by Gasteiger charge is -2.35. The molecule has 0 aromatic heterocycles. The first kappa shape index (κ1) is 12.9. The zero-order chi connectivity index (χ0) is 13.2. The first-order valence-electron chi connectivity index (χ1n) is 7.47. The van der Waals surface area contributed by atoms with Crippen molar-refractivity contribution in [3.63, 3.8) is 0 Å². The lowest BCUT2D eigenvalue weighted by atomic mass is 9.74. The van der Waals surface area contributed by atoms with Crippen molar-refractivity contribution in [2.45, 2.75) is 44.6 Å². The van der Waals surface area contributed by atoms with Crippen LogP contribution in [0.1, 0.15) is 44.1 Å². The summed E-state index contributed by atoms with van der Waals surface area (Å²) in [6.45, 7) is 3.12. The smallest absolute Gasteiger partial charge is 0.122 e. The molecule has 0 amide bonds. The minimum absolute atomic E-state index is 0.344. The summed E-state index contributed by atoms with van der Waals surface area (Å²) in [6, 6.07) is 8.72. The molecule has 1 aromatic rings. The molecule has 0 spiro atoms. The van der Waals surface area contributed by atoms with Gasteiger partial charge in [0.2, 0.25) is 0 Å². The van der Waals surface area contributed by atoms with Gasteiger partial charge in [-0.1, -0.05) is 38.0 Å². The van der Waals surface area contributed by atoms with E-state index in [0.717, 1.165) is 18.3 Å². The van der Waals surface area contributed by atoms with E-state index in [1.807, 2.05) is 6.07 Å². The minimum atomic E-state index is 0.344. The number of fused-ring (bicyclic) bond motifs is 1. The summed E-state index contributed by atoms with van der Waals surface area (Å²) in [7, 11) is 0. The molecular formula is C16H24N2O. The van der Waals surface area contributed by atoms with Crippen molar-refractivity contribution in [1.82, 2.24) is 5.43 Å². The average molecular weight is 260 g/mol. The Bertz CT molecular complexity index is 427. The monoisotopic (exact) mass is 260 g/mol. The third kappa shape index (κ3) is 2.49. The molecule has 0 bridgehead atoms. The number of rotatable bonds is 3. The molecule has 3 heteroatoms. The fourth-order valence-corrected chi connectivity index (χ4v) is 3.71. The van der Waals surface area contributed by atoms with E-state index in [1.54, 1.807) is 0 Å². The van der Waals surface area contributed by atoms with E-state index in [2.05, 4.69) is 30.5 Å². The SMILES string of the molecule is CC1CCC(C(NN)C2COc3ccccc32)CC1. The van der Waals surface area contributed by atoms with Gasteiger partial charge in [-0.3, -0.25) is 11.3 Å². The van der Waals surface area contributed by atoms with Gasteiger partial charge in [0.1, 0.15) is 5.75 Å². The highest BCUT2D eigenvalue weighted by atomic mass is 16.5. The van der Waals surface area contributed by atoms with Gasteiger partial charge in [-0.05, 0) is 30.7 Å². The molecule has 3 nitrogen and oxygen atoms in total. The molecule has 0 radical (unpaired) electrons. The van der Waals surface area contributed by atoms with E-state index in [-0.39, 0.29) is 0 Å². The third-order valence-corrected chi connectivity index (χ3v) is 4.93. The topological polar surface area (TPSA) is 47.3 Å².